The summed E-state index contributed by atoms with van der Waals surface area (Å²) in [7, 11) is -3.44. The number of amides is 1. The minimum absolute atomic E-state index is 0.202. The molecule has 1 aliphatic rings. The highest BCUT2D eigenvalue weighted by molar-refractivity contribution is 7.89. The van der Waals surface area contributed by atoms with Crippen LogP contribution in [0.1, 0.15) is 37.2 Å². The van der Waals surface area contributed by atoms with Crippen LogP contribution >= 0.6 is 0 Å². The van der Waals surface area contributed by atoms with Crippen LogP contribution in [-0.2, 0) is 14.8 Å². The highest BCUT2D eigenvalue weighted by Crippen LogP contribution is 2.22. The fourth-order valence-electron chi connectivity index (χ4n) is 3.18. The van der Waals surface area contributed by atoms with Crippen molar-refractivity contribution in [2.45, 2.75) is 44.6 Å². The summed E-state index contributed by atoms with van der Waals surface area (Å²) >= 11 is 0. The number of aryl methyl sites for hydroxylation is 2. The summed E-state index contributed by atoms with van der Waals surface area (Å²) in [4.78, 5) is 12.7. The van der Waals surface area contributed by atoms with E-state index in [-0.39, 0.29) is 10.8 Å². The van der Waals surface area contributed by atoms with Crippen molar-refractivity contribution in [2.75, 3.05) is 18.4 Å². The average Bonchev–Trinajstić information content (AvgIpc) is 3.24. The van der Waals surface area contributed by atoms with E-state index in [0.29, 0.717) is 18.8 Å². The lowest BCUT2D eigenvalue weighted by Gasteiger charge is -2.17. The lowest BCUT2D eigenvalue weighted by atomic mass is 10.2. The van der Waals surface area contributed by atoms with Crippen LogP contribution in [0, 0.1) is 13.8 Å². The van der Waals surface area contributed by atoms with E-state index < -0.39 is 16.1 Å². The highest BCUT2D eigenvalue weighted by Gasteiger charge is 2.27. The number of aromatic nitrogens is 2. The van der Waals surface area contributed by atoms with Gasteiger partial charge in [-0.3, -0.25) is 9.48 Å². The molecule has 1 aliphatic heterocycles. The van der Waals surface area contributed by atoms with Crippen molar-refractivity contribution in [1.29, 1.82) is 0 Å². The van der Waals surface area contributed by atoms with Gasteiger partial charge in [0.2, 0.25) is 15.9 Å². The maximum Gasteiger partial charge on any atom is 0.248 e. The quantitative estimate of drug-likeness (QED) is 0.869. The standard InChI is InChI=1S/C18H24N4O3S/c1-13-12-14(2)22(20-13)15(3)18(23)19-16-6-8-17(9-7-16)26(24,25)21-10-4-5-11-21/h6-9,12,15H,4-5,10-11H2,1-3H3,(H,19,23). The van der Waals surface area contributed by atoms with Crippen LogP contribution in [-0.4, -0.2) is 41.5 Å². The number of nitrogens with one attached hydrogen (secondary N) is 1. The van der Waals surface area contributed by atoms with Crippen LogP contribution < -0.4 is 5.32 Å². The Morgan fingerprint density at radius 3 is 2.31 bits per heavy atom. The van der Waals surface area contributed by atoms with Crippen LogP contribution in [0.3, 0.4) is 0 Å². The van der Waals surface area contributed by atoms with E-state index in [9.17, 15) is 13.2 Å². The lowest BCUT2D eigenvalue weighted by Crippen LogP contribution is -2.28. The Hall–Kier alpha value is -2.19. The number of rotatable bonds is 5. The summed E-state index contributed by atoms with van der Waals surface area (Å²) in [5, 5.41) is 7.15. The molecule has 3 rings (SSSR count). The summed E-state index contributed by atoms with van der Waals surface area (Å²) in [6, 6.07) is 7.77. The molecule has 0 spiro atoms. The Balaban J connectivity index is 1.71. The predicted octanol–water partition coefficient (Wildman–Crippen LogP) is 2.48. The van der Waals surface area contributed by atoms with Crippen molar-refractivity contribution in [3.63, 3.8) is 0 Å². The average molecular weight is 376 g/mol. The second-order valence-corrected chi connectivity index (χ2v) is 8.61. The first-order valence-corrected chi connectivity index (χ1v) is 10.2. The van der Waals surface area contributed by atoms with Gasteiger partial charge in [-0.2, -0.15) is 9.40 Å². The van der Waals surface area contributed by atoms with Crippen molar-refractivity contribution in [1.82, 2.24) is 14.1 Å². The third-order valence-corrected chi connectivity index (χ3v) is 6.53. The van der Waals surface area contributed by atoms with Crippen LogP contribution in [0.5, 0.6) is 0 Å². The molecule has 26 heavy (non-hydrogen) atoms. The van der Waals surface area contributed by atoms with Crippen molar-refractivity contribution >= 4 is 21.6 Å². The number of hydrogen-bond acceptors (Lipinski definition) is 4. The zero-order valence-corrected chi connectivity index (χ0v) is 16.1. The van der Waals surface area contributed by atoms with Crippen molar-refractivity contribution in [2.24, 2.45) is 0 Å². The van der Waals surface area contributed by atoms with Gasteiger partial charge in [-0.25, -0.2) is 8.42 Å². The maximum atomic E-state index is 12.5. The van der Waals surface area contributed by atoms with Gasteiger partial charge in [0.1, 0.15) is 6.04 Å². The number of nitrogens with zero attached hydrogens (tertiary/aromatic N) is 3. The van der Waals surface area contributed by atoms with Crippen LogP contribution in [0.4, 0.5) is 5.69 Å². The van der Waals surface area contributed by atoms with E-state index in [1.54, 1.807) is 23.7 Å². The number of sulfonamides is 1. The minimum Gasteiger partial charge on any atom is -0.324 e. The molecule has 0 radical (unpaired) electrons. The van der Waals surface area contributed by atoms with E-state index in [0.717, 1.165) is 24.2 Å². The Labute approximate surface area is 154 Å². The second kappa shape index (κ2) is 7.20. The maximum absolute atomic E-state index is 12.5. The molecule has 1 atom stereocenters. The summed E-state index contributed by atoms with van der Waals surface area (Å²) < 4.78 is 28.2. The molecule has 0 bridgehead atoms. The molecule has 2 aromatic rings. The molecule has 7 nitrogen and oxygen atoms in total. The second-order valence-electron chi connectivity index (χ2n) is 6.67. The van der Waals surface area contributed by atoms with Crippen LogP contribution in [0.25, 0.3) is 0 Å². The number of benzene rings is 1. The highest BCUT2D eigenvalue weighted by atomic mass is 32.2. The molecule has 1 aromatic heterocycles. The molecule has 1 amide bonds. The Bertz CT molecular complexity index is 897. The van der Waals surface area contributed by atoms with E-state index in [1.807, 2.05) is 19.9 Å². The molecule has 2 heterocycles. The largest absolute Gasteiger partial charge is 0.324 e. The first kappa shape index (κ1) is 18.6. The SMILES string of the molecule is Cc1cc(C)n(C(C)C(=O)Nc2ccc(S(=O)(=O)N3CCCC3)cc2)n1. The van der Waals surface area contributed by atoms with E-state index in [1.165, 1.54) is 16.4 Å². The summed E-state index contributed by atoms with van der Waals surface area (Å²) in [5.41, 5.74) is 2.33. The van der Waals surface area contributed by atoms with Crippen molar-refractivity contribution in [3.8, 4) is 0 Å². The van der Waals surface area contributed by atoms with E-state index in [4.69, 9.17) is 0 Å². The minimum atomic E-state index is -3.44. The van der Waals surface area contributed by atoms with Gasteiger partial charge in [-0.15, -0.1) is 0 Å². The van der Waals surface area contributed by atoms with Gasteiger partial charge in [0.15, 0.2) is 0 Å². The zero-order valence-electron chi connectivity index (χ0n) is 15.3. The molecule has 1 unspecified atom stereocenters. The normalized spacial score (nSPS) is 16.6. The Morgan fingerprint density at radius 2 is 1.77 bits per heavy atom. The molecular formula is C18H24N4O3S. The van der Waals surface area contributed by atoms with Crippen LogP contribution in [0.15, 0.2) is 35.2 Å². The van der Waals surface area contributed by atoms with Gasteiger partial charge in [-0.05, 0) is 63.9 Å². The summed E-state index contributed by atoms with van der Waals surface area (Å²) in [5.74, 6) is -0.202. The molecule has 0 saturated carbocycles. The number of carbonyl (C=O) groups is 1. The molecule has 8 heteroatoms. The monoisotopic (exact) mass is 376 g/mol. The molecule has 1 N–H and O–H groups in total. The summed E-state index contributed by atoms with van der Waals surface area (Å²) in [6.07, 6.45) is 1.80. The third-order valence-electron chi connectivity index (χ3n) is 4.62. The molecule has 1 fully saturated rings. The van der Waals surface area contributed by atoms with Gasteiger partial charge in [0.05, 0.1) is 10.6 Å². The topological polar surface area (TPSA) is 84.3 Å². The Kier molecular flexibility index (Phi) is 5.15. The first-order chi connectivity index (χ1) is 12.3. The van der Waals surface area contributed by atoms with Gasteiger partial charge in [0, 0.05) is 24.5 Å². The fraction of sp³-hybridized carbons (Fsp3) is 0.444. The zero-order chi connectivity index (χ0) is 18.9. The molecule has 1 aromatic carbocycles. The molecule has 0 aliphatic carbocycles. The summed E-state index contributed by atoms with van der Waals surface area (Å²) in [6.45, 7) is 6.71. The first-order valence-electron chi connectivity index (χ1n) is 8.73. The molecule has 140 valence electrons. The molecule has 1 saturated heterocycles. The molecular weight excluding hydrogens is 352 g/mol. The predicted molar refractivity (Wildman–Crippen MR) is 99.5 cm³/mol. The Morgan fingerprint density at radius 1 is 1.15 bits per heavy atom. The van der Waals surface area contributed by atoms with E-state index in [2.05, 4.69) is 10.4 Å². The van der Waals surface area contributed by atoms with Crippen molar-refractivity contribution in [3.05, 3.63) is 41.7 Å². The number of carbonyl (C=O) groups excluding carboxylic acids is 1. The number of hydrogen-bond donors (Lipinski definition) is 1. The van der Waals surface area contributed by atoms with E-state index >= 15 is 0 Å². The van der Waals surface area contributed by atoms with Gasteiger partial charge >= 0.3 is 0 Å². The van der Waals surface area contributed by atoms with Gasteiger partial charge in [0.25, 0.3) is 0 Å². The third kappa shape index (κ3) is 3.66. The fourth-order valence-corrected chi connectivity index (χ4v) is 4.70. The van der Waals surface area contributed by atoms with Crippen LogP contribution in [0.2, 0.25) is 0 Å². The van der Waals surface area contributed by atoms with Crippen molar-refractivity contribution < 1.29 is 13.2 Å². The number of anilines is 1. The lowest BCUT2D eigenvalue weighted by molar-refractivity contribution is -0.119. The smallest absolute Gasteiger partial charge is 0.248 e. The van der Waals surface area contributed by atoms with Gasteiger partial charge in [-0.1, -0.05) is 0 Å². The van der Waals surface area contributed by atoms with Gasteiger partial charge < -0.3 is 5.32 Å².